The number of nitrogens with zero attached hydrogens (tertiary/aromatic N) is 1. The first-order valence-corrected chi connectivity index (χ1v) is 9.42. The van der Waals surface area contributed by atoms with Gasteiger partial charge in [-0.05, 0) is 61.4 Å². The Bertz CT molecular complexity index is 1060. The van der Waals surface area contributed by atoms with Crippen LogP contribution in [-0.2, 0) is 0 Å². The van der Waals surface area contributed by atoms with Crippen molar-refractivity contribution in [3.63, 3.8) is 0 Å². The van der Waals surface area contributed by atoms with E-state index in [-0.39, 0.29) is 5.91 Å². The van der Waals surface area contributed by atoms with E-state index in [2.05, 4.69) is 47.4 Å². The van der Waals surface area contributed by atoms with Gasteiger partial charge in [0.05, 0.1) is 5.69 Å². The molecule has 0 saturated heterocycles. The first-order chi connectivity index (χ1) is 12.9. The topological polar surface area (TPSA) is 99.8 Å². The van der Waals surface area contributed by atoms with E-state index < -0.39 is 11.4 Å². The van der Waals surface area contributed by atoms with Crippen LogP contribution < -0.4 is 16.7 Å². The van der Waals surface area contributed by atoms with Gasteiger partial charge in [0.2, 0.25) is 0 Å². The Hall–Kier alpha value is -3.00. The van der Waals surface area contributed by atoms with E-state index in [4.69, 9.17) is 0 Å². The Labute approximate surface area is 159 Å². The number of benzene rings is 2. The second-order valence-corrected chi connectivity index (χ2v) is 7.27. The van der Waals surface area contributed by atoms with Crippen molar-refractivity contribution < 1.29 is 4.79 Å². The van der Waals surface area contributed by atoms with E-state index in [1.54, 1.807) is 36.0 Å². The van der Waals surface area contributed by atoms with Gasteiger partial charge in [0.15, 0.2) is 0 Å². The maximum Gasteiger partial charge on any atom is 0.349 e. The molecule has 3 rings (SSSR count). The van der Waals surface area contributed by atoms with Gasteiger partial charge >= 0.3 is 11.4 Å². The molecular weight excluding hydrogens is 364 g/mol. The molecule has 0 aliphatic heterocycles. The molecule has 0 spiro atoms. The number of hydrogen-bond acceptors (Lipinski definition) is 4. The van der Waals surface area contributed by atoms with Crippen LogP contribution in [0, 0.1) is 13.8 Å². The van der Waals surface area contributed by atoms with Crippen LogP contribution in [0.4, 0.5) is 0 Å². The summed E-state index contributed by atoms with van der Waals surface area (Å²) in [6.07, 6.45) is 0. The average molecular weight is 384 g/mol. The standard InChI is InChI=1S/C19H20N4O3S/c1-12-3-8-16(11-13(12)2)27-10-9-20-17(24)14-4-6-15(7-5-14)23-19(26)21-18(25)22-23/h3-8,11H,9-10H2,1-2H3,(H,20,24)(H2,21,22,25,26). The Morgan fingerprint density at radius 2 is 1.81 bits per heavy atom. The number of H-pyrrole nitrogens is 2. The lowest BCUT2D eigenvalue weighted by Crippen LogP contribution is -2.25. The van der Waals surface area contributed by atoms with E-state index in [9.17, 15) is 14.4 Å². The largest absolute Gasteiger partial charge is 0.351 e. The van der Waals surface area contributed by atoms with Gasteiger partial charge in [0.1, 0.15) is 0 Å². The molecule has 0 unspecified atom stereocenters. The van der Waals surface area contributed by atoms with Crippen LogP contribution in [0.1, 0.15) is 21.5 Å². The molecule has 2 aromatic carbocycles. The van der Waals surface area contributed by atoms with Crippen LogP contribution in [0.5, 0.6) is 0 Å². The minimum atomic E-state index is -0.580. The van der Waals surface area contributed by atoms with E-state index in [0.717, 1.165) is 10.4 Å². The van der Waals surface area contributed by atoms with Gasteiger partial charge < -0.3 is 5.32 Å². The van der Waals surface area contributed by atoms with Crippen molar-refractivity contribution in [1.82, 2.24) is 20.1 Å². The molecule has 7 nitrogen and oxygen atoms in total. The SMILES string of the molecule is Cc1ccc(SCCNC(=O)c2ccc(-n3[nH]c(=O)[nH]c3=O)cc2)cc1C. The predicted molar refractivity (Wildman–Crippen MR) is 106 cm³/mol. The average Bonchev–Trinajstić information content (AvgIpc) is 3.00. The number of aromatic amines is 2. The zero-order valence-corrected chi connectivity index (χ0v) is 15.9. The molecule has 1 heterocycles. The number of thioether (sulfide) groups is 1. The molecule has 0 aliphatic rings. The minimum absolute atomic E-state index is 0.183. The molecule has 27 heavy (non-hydrogen) atoms. The molecule has 0 radical (unpaired) electrons. The number of carbonyl (C=O) groups excluding carboxylic acids is 1. The summed E-state index contributed by atoms with van der Waals surface area (Å²) in [4.78, 5) is 38.2. The second-order valence-electron chi connectivity index (χ2n) is 6.10. The van der Waals surface area contributed by atoms with Gasteiger partial charge in [-0.25, -0.2) is 19.4 Å². The third-order valence-corrected chi connectivity index (χ3v) is 5.15. The Morgan fingerprint density at radius 1 is 1.07 bits per heavy atom. The molecule has 0 fully saturated rings. The number of amides is 1. The second kappa shape index (κ2) is 8.13. The van der Waals surface area contributed by atoms with Crippen LogP contribution in [0.3, 0.4) is 0 Å². The molecule has 0 atom stereocenters. The van der Waals surface area contributed by atoms with Crippen LogP contribution >= 0.6 is 11.8 Å². The third-order valence-electron chi connectivity index (χ3n) is 4.16. The fourth-order valence-electron chi connectivity index (χ4n) is 2.52. The van der Waals surface area contributed by atoms with Crippen molar-refractivity contribution in [3.05, 3.63) is 80.1 Å². The molecule has 1 amide bonds. The smallest absolute Gasteiger partial charge is 0.349 e. The molecule has 0 bridgehead atoms. The zero-order valence-electron chi connectivity index (χ0n) is 15.0. The number of rotatable bonds is 6. The van der Waals surface area contributed by atoms with Gasteiger partial charge in [-0.15, -0.1) is 11.8 Å². The van der Waals surface area contributed by atoms with Gasteiger partial charge in [-0.1, -0.05) is 6.07 Å². The fraction of sp³-hybridized carbons (Fsp3) is 0.211. The number of hydrogen-bond donors (Lipinski definition) is 3. The van der Waals surface area contributed by atoms with Crippen molar-refractivity contribution in [2.75, 3.05) is 12.3 Å². The number of nitrogens with one attached hydrogen (secondary N) is 3. The van der Waals surface area contributed by atoms with Gasteiger partial charge in [-0.2, -0.15) is 0 Å². The lowest BCUT2D eigenvalue weighted by atomic mass is 10.1. The first-order valence-electron chi connectivity index (χ1n) is 8.44. The highest BCUT2D eigenvalue weighted by Crippen LogP contribution is 2.20. The van der Waals surface area contributed by atoms with Crippen LogP contribution in [0.25, 0.3) is 5.69 Å². The van der Waals surface area contributed by atoms with Crippen molar-refractivity contribution in [2.24, 2.45) is 0 Å². The van der Waals surface area contributed by atoms with Gasteiger partial charge in [-0.3, -0.25) is 9.78 Å². The summed E-state index contributed by atoms with van der Waals surface area (Å²) in [5.74, 6) is 0.587. The molecule has 8 heteroatoms. The van der Waals surface area contributed by atoms with Crippen molar-refractivity contribution in [1.29, 1.82) is 0 Å². The summed E-state index contributed by atoms with van der Waals surface area (Å²) in [5, 5.41) is 5.24. The number of carbonyl (C=O) groups is 1. The first kappa shape index (κ1) is 18.8. The Morgan fingerprint density at radius 3 is 2.44 bits per heavy atom. The summed E-state index contributed by atoms with van der Waals surface area (Å²) in [6, 6.07) is 12.8. The molecule has 3 aromatic rings. The number of aromatic nitrogens is 3. The lowest BCUT2D eigenvalue weighted by molar-refractivity contribution is 0.0956. The molecule has 1 aromatic heterocycles. The maximum absolute atomic E-state index is 12.2. The highest BCUT2D eigenvalue weighted by molar-refractivity contribution is 7.99. The van der Waals surface area contributed by atoms with Crippen molar-refractivity contribution in [2.45, 2.75) is 18.7 Å². The van der Waals surface area contributed by atoms with Crippen LogP contribution in [0.15, 0.2) is 56.9 Å². The monoisotopic (exact) mass is 384 g/mol. The predicted octanol–water partition coefficient (Wildman–Crippen LogP) is 1.99. The fourth-order valence-corrected chi connectivity index (χ4v) is 3.38. The zero-order chi connectivity index (χ0) is 19.4. The normalized spacial score (nSPS) is 10.7. The van der Waals surface area contributed by atoms with Crippen LogP contribution in [0.2, 0.25) is 0 Å². The molecule has 0 saturated carbocycles. The Kier molecular flexibility index (Phi) is 5.66. The molecule has 3 N–H and O–H groups in total. The molecular formula is C19H20N4O3S. The van der Waals surface area contributed by atoms with E-state index in [0.29, 0.717) is 17.8 Å². The van der Waals surface area contributed by atoms with Crippen LogP contribution in [-0.4, -0.2) is 33.0 Å². The van der Waals surface area contributed by atoms with Crippen molar-refractivity contribution in [3.8, 4) is 5.69 Å². The highest BCUT2D eigenvalue weighted by atomic mass is 32.2. The van der Waals surface area contributed by atoms with Gasteiger partial charge in [0.25, 0.3) is 5.91 Å². The molecule has 0 aliphatic carbocycles. The summed E-state index contributed by atoms with van der Waals surface area (Å²) >= 11 is 1.69. The van der Waals surface area contributed by atoms with E-state index >= 15 is 0 Å². The van der Waals surface area contributed by atoms with E-state index in [1.807, 2.05) is 0 Å². The van der Waals surface area contributed by atoms with Gasteiger partial charge in [0, 0.05) is 22.8 Å². The summed E-state index contributed by atoms with van der Waals surface area (Å²) in [7, 11) is 0. The highest BCUT2D eigenvalue weighted by Gasteiger charge is 2.07. The Balaban J connectivity index is 1.53. The molecule has 140 valence electrons. The summed E-state index contributed by atoms with van der Waals surface area (Å²) < 4.78 is 1.09. The van der Waals surface area contributed by atoms with E-state index in [1.165, 1.54) is 16.0 Å². The third kappa shape index (κ3) is 4.59. The summed E-state index contributed by atoms with van der Waals surface area (Å²) in [5.41, 5.74) is 2.35. The summed E-state index contributed by atoms with van der Waals surface area (Å²) in [6.45, 7) is 4.71. The number of aryl methyl sites for hydroxylation is 2. The van der Waals surface area contributed by atoms with Crippen molar-refractivity contribution >= 4 is 17.7 Å². The lowest BCUT2D eigenvalue weighted by Gasteiger charge is -2.07. The quantitative estimate of drug-likeness (QED) is 0.447. The minimum Gasteiger partial charge on any atom is -0.351 e. The maximum atomic E-state index is 12.2.